The molecule has 1 aromatic carbocycles. The third-order valence-electron chi connectivity index (χ3n) is 4.49. The van der Waals surface area contributed by atoms with E-state index in [-0.39, 0.29) is 0 Å². The van der Waals surface area contributed by atoms with E-state index in [2.05, 4.69) is 37.4 Å². The highest BCUT2D eigenvalue weighted by atomic mass is 32.1. The molecule has 1 fully saturated rings. The van der Waals surface area contributed by atoms with Crippen LogP contribution in [-0.2, 0) is 0 Å². The van der Waals surface area contributed by atoms with Crippen LogP contribution in [0.4, 0.5) is 5.13 Å². The molecule has 3 heteroatoms. The predicted octanol–water partition coefficient (Wildman–Crippen LogP) is 5.38. The van der Waals surface area contributed by atoms with Crippen LogP contribution >= 0.6 is 11.3 Å². The second-order valence-electron chi connectivity index (χ2n) is 6.09. The number of hydrogen-bond acceptors (Lipinski definition) is 3. The first-order valence-corrected chi connectivity index (χ1v) is 8.70. The van der Waals surface area contributed by atoms with Gasteiger partial charge in [-0.3, -0.25) is 0 Å². The monoisotopic (exact) mass is 288 g/mol. The number of fused-ring (bicyclic) bond motifs is 1. The van der Waals surface area contributed by atoms with Crippen molar-refractivity contribution in [3.05, 3.63) is 23.8 Å². The predicted molar refractivity (Wildman–Crippen MR) is 88.6 cm³/mol. The van der Waals surface area contributed by atoms with Crippen LogP contribution < -0.4 is 5.32 Å². The topological polar surface area (TPSA) is 24.9 Å². The van der Waals surface area contributed by atoms with E-state index in [1.807, 2.05) is 0 Å². The lowest BCUT2D eigenvalue weighted by molar-refractivity contribution is 0.319. The van der Waals surface area contributed by atoms with Gasteiger partial charge < -0.3 is 5.32 Å². The van der Waals surface area contributed by atoms with Crippen LogP contribution in [0.15, 0.2) is 18.2 Å². The molecule has 108 valence electrons. The lowest BCUT2D eigenvalue weighted by Crippen LogP contribution is -2.25. The number of nitrogens with zero attached hydrogens (tertiary/aromatic N) is 1. The van der Waals surface area contributed by atoms with E-state index < -0.39 is 0 Å². The fourth-order valence-corrected chi connectivity index (χ4v) is 4.35. The molecule has 0 bridgehead atoms. The standard InChI is InChI=1S/C17H24N2S/c1-3-5-13-8-10-14(11-9-13)18-17-19-16-12(2)6-4-7-15(16)20-17/h4,6-7,13-14H,3,5,8-11H2,1-2H3,(H,18,19). The SMILES string of the molecule is CCCC1CCC(Nc2nc3c(C)cccc3s2)CC1. The third-order valence-corrected chi connectivity index (χ3v) is 5.44. The number of aromatic nitrogens is 1. The van der Waals surface area contributed by atoms with Crippen molar-refractivity contribution in [3.63, 3.8) is 0 Å². The van der Waals surface area contributed by atoms with Gasteiger partial charge in [0.25, 0.3) is 0 Å². The lowest BCUT2D eigenvalue weighted by atomic mass is 9.83. The van der Waals surface area contributed by atoms with E-state index in [4.69, 9.17) is 4.98 Å². The fraction of sp³-hybridized carbons (Fsp3) is 0.588. The van der Waals surface area contributed by atoms with Crippen LogP contribution in [0.25, 0.3) is 10.2 Å². The largest absolute Gasteiger partial charge is 0.359 e. The summed E-state index contributed by atoms with van der Waals surface area (Å²) >= 11 is 1.79. The minimum absolute atomic E-state index is 0.629. The van der Waals surface area contributed by atoms with Crippen LogP contribution in [-0.4, -0.2) is 11.0 Å². The minimum atomic E-state index is 0.629. The number of hydrogen-bond donors (Lipinski definition) is 1. The summed E-state index contributed by atoms with van der Waals surface area (Å²) in [6, 6.07) is 7.06. The smallest absolute Gasteiger partial charge is 0.184 e. The summed E-state index contributed by atoms with van der Waals surface area (Å²) in [4.78, 5) is 4.77. The molecule has 2 nitrogen and oxygen atoms in total. The quantitative estimate of drug-likeness (QED) is 0.817. The van der Waals surface area contributed by atoms with Crippen molar-refractivity contribution >= 4 is 26.7 Å². The zero-order valence-corrected chi connectivity index (χ0v) is 13.3. The number of para-hydroxylation sites is 1. The van der Waals surface area contributed by atoms with Crippen molar-refractivity contribution < 1.29 is 0 Å². The molecule has 1 aromatic heterocycles. The molecule has 20 heavy (non-hydrogen) atoms. The van der Waals surface area contributed by atoms with Crippen molar-refractivity contribution in [2.75, 3.05) is 5.32 Å². The van der Waals surface area contributed by atoms with E-state index in [0.717, 1.165) is 11.0 Å². The number of anilines is 1. The van der Waals surface area contributed by atoms with Crippen molar-refractivity contribution in [3.8, 4) is 0 Å². The summed E-state index contributed by atoms with van der Waals surface area (Å²) in [5, 5.41) is 4.77. The van der Waals surface area contributed by atoms with Gasteiger partial charge in [0.1, 0.15) is 0 Å². The average Bonchev–Trinajstić information content (AvgIpc) is 2.85. The molecule has 3 rings (SSSR count). The first kappa shape index (κ1) is 13.9. The molecule has 0 aliphatic heterocycles. The van der Waals surface area contributed by atoms with Gasteiger partial charge in [-0.25, -0.2) is 4.98 Å². The molecule has 1 aliphatic rings. The number of aryl methyl sites for hydroxylation is 1. The summed E-state index contributed by atoms with van der Waals surface area (Å²) in [5.74, 6) is 0.968. The average molecular weight is 288 g/mol. The summed E-state index contributed by atoms with van der Waals surface area (Å²) in [6.45, 7) is 4.44. The Morgan fingerprint density at radius 1 is 1.25 bits per heavy atom. The molecular weight excluding hydrogens is 264 g/mol. The molecule has 0 saturated heterocycles. The Hall–Kier alpha value is -1.09. The Morgan fingerprint density at radius 3 is 2.75 bits per heavy atom. The van der Waals surface area contributed by atoms with Gasteiger partial charge in [0.2, 0.25) is 0 Å². The fourth-order valence-electron chi connectivity index (χ4n) is 3.33. The lowest BCUT2D eigenvalue weighted by Gasteiger charge is -2.28. The van der Waals surface area contributed by atoms with E-state index in [1.54, 1.807) is 11.3 Å². The van der Waals surface area contributed by atoms with Gasteiger partial charge in [-0.05, 0) is 50.2 Å². The first-order valence-electron chi connectivity index (χ1n) is 7.89. The Bertz CT molecular complexity index is 567. The first-order chi connectivity index (χ1) is 9.76. The Balaban J connectivity index is 1.64. The number of nitrogens with one attached hydrogen (secondary N) is 1. The molecule has 0 spiro atoms. The number of benzene rings is 1. The second-order valence-corrected chi connectivity index (χ2v) is 7.12. The highest BCUT2D eigenvalue weighted by Crippen LogP contribution is 2.32. The highest BCUT2D eigenvalue weighted by Gasteiger charge is 2.21. The summed E-state index contributed by atoms with van der Waals surface area (Å²) in [7, 11) is 0. The van der Waals surface area contributed by atoms with Gasteiger partial charge in [-0.1, -0.05) is 43.2 Å². The van der Waals surface area contributed by atoms with Crippen molar-refractivity contribution in [2.24, 2.45) is 5.92 Å². The van der Waals surface area contributed by atoms with Gasteiger partial charge in [0.05, 0.1) is 10.2 Å². The highest BCUT2D eigenvalue weighted by molar-refractivity contribution is 7.22. The van der Waals surface area contributed by atoms with Gasteiger partial charge in [0.15, 0.2) is 5.13 Å². The maximum Gasteiger partial charge on any atom is 0.184 e. The molecule has 1 N–H and O–H groups in total. The van der Waals surface area contributed by atoms with E-state index >= 15 is 0 Å². The molecule has 0 atom stereocenters. The van der Waals surface area contributed by atoms with Crippen LogP contribution in [0.1, 0.15) is 51.0 Å². The molecule has 1 heterocycles. The zero-order valence-electron chi connectivity index (χ0n) is 12.5. The molecule has 2 aromatic rings. The maximum absolute atomic E-state index is 4.77. The van der Waals surface area contributed by atoms with E-state index in [0.29, 0.717) is 6.04 Å². The van der Waals surface area contributed by atoms with Gasteiger partial charge in [-0.15, -0.1) is 0 Å². The molecule has 0 unspecified atom stereocenters. The number of thiazole rings is 1. The van der Waals surface area contributed by atoms with Crippen LogP contribution in [0.5, 0.6) is 0 Å². The van der Waals surface area contributed by atoms with E-state index in [9.17, 15) is 0 Å². The molecule has 1 aliphatic carbocycles. The Morgan fingerprint density at radius 2 is 2.05 bits per heavy atom. The summed E-state index contributed by atoms with van der Waals surface area (Å²) in [6.07, 6.45) is 8.12. The van der Waals surface area contributed by atoms with Crippen molar-refractivity contribution in [1.29, 1.82) is 0 Å². The third kappa shape index (κ3) is 2.98. The molecule has 0 radical (unpaired) electrons. The molecular formula is C17H24N2S. The van der Waals surface area contributed by atoms with Gasteiger partial charge >= 0.3 is 0 Å². The molecule has 0 amide bonds. The minimum Gasteiger partial charge on any atom is -0.359 e. The van der Waals surface area contributed by atoms with Crippen LogP contribution in [0.2, 0.25) is 0 Å². The number of rotatable bonds is 4. The maximum atomic E-state index is 4.77. The van der Waals surface area contributed by atoms with Crippen molar-refractivity contribution in [2.45, 2.75) is 58.4 Å². The summed E-state index contributed by atoms with van der Waals surface area (Å²) in [5.41, 5.74) is 2.44. The van der Waals surface area contributed by atoms with Gasteiger partial charge in [-0.2, -0.15) is 0 Å². The second kappa shape index (κ2) is 6.13. The van der Waals surface area contributed by atoms with Crippen molar-refractivity contribution in [1.82, 2.24) is 4.98 Å². The Kier molecular flexibility index (Phi) is 4.25. The van der Waals surface area contributed by atoms with Crippen LogP contribution in [0.3, 0.4) is 0 Å². The van der Waals surface area contributed by atoms with Crippen LogP contribution in [0, 0.1) is 12.8 Å². The summed E-state index contributed by atoms with van der Waals surface area (Å²) < 4.78 is 1.30. The normalized spacial score (nSPS) is 23.1. The van der Waals surface area contributed by atoms with Gasteiger partial charge in [0, 0.05) is 6.04 Å². The zero-order chi connectivity index (χ0) is 13.9. The van der Waals surface area contributed by atoms with E-state index in [1.165, 1.54) is 54.3 Å². The Labute approximate surface area is 125 Å². The molecule has 1 saturated carbocycles.